The molecule has 60 valence electrons. The first-order valence-electron chi connectivity index (χ1n) is 2.65. The van der Waals surface area contributed by atoms with Crippen LogP contribution in [-0.2, 0) is 7.05 Å². The van der Waals surface area contributed by atoms with Crippen molar-refractivity contribution in [2.45, 2.75) is 0 Å². The van der Waals surface area contributed by atoms with E-state index in [-0.39, 0.29) is 10.7 Å². The van der Waals surface area contributed by atoms with E-state index in [1.807, 2.05) is 0 Å². The van der Waals surface area contributed by atoms with Crippen molar-refractivity contribution < 1.29 is 9.90 Å². The van der Waals surface area contributed by atoms with Crippen LogP contribution in [0.25, 0.3) is 0 Å². The molecule has 0 spiro atoms. The zero-order valence-electron chi connectivity index (χ0n) is 5.51. The number of aromatic nitrogens is 2. The van der Waals surface area contributed by atoms with Crippen molar-refractivity contribution in [3.8, 4) is 0 Å². The van der Waals surface area contributed by atoms with E-state index < -0.39 is 5.97 Å². The predicted octanol–water partition coefficient (Wildman–Crippen LogP) is 1.53. The number of carboxylic acids is 1. The average Bonchev–Trinajstić information content (AvgIpc) is 2.07. The van der Waals surface area contributed by atoms with Crippen molar-refractivity contribution >= 4 is 33.5 Å². The molecule has 0 fully saturated rings. The zero-order chi connectivity index (χ0) is 8.59. The van der Waals surface area contributed by atoms with Crippen molar-refractivity contribution in [2.24, 2.45) is 7.05 Å². The van der Waals surface area contributed by atoms with Gasteiger partial charge in [0.2, 0.25) is 0 Å². The minimum Gasteiger partial charge on any atom is -0.477 e. The van der Waals surface area contributed by atoms with Crippen molar-refractivity contribution in [1.82, 2.24) is 9.78 Å². The lowest BCUT2D eigenvalue weighted by atomic mass is 10.4. The van der Waals surface area contributed by atoms with Crippen LogP contribution in [0.1, 0.15) is 10.4 Å². The van der Waals surface area contributed by atoms with Crippen molar-refractivity contribution in [3.05, 3.63) is 15.3 Å². The largest absolute Gasteiger partial charge is 0.477 e. The number of carboxylic acid groups (broad SMARTS) is 1. The molecule has 11 heavy (non-hydrogen) atoms. The van der Waals surface area contributed by atoms with E-state index >= 15 is 0 Å². The number of aryl methyl sites for hydroxylation is 1. The summed E-state index contributed by atoms with van der Waals surface area (Å²) in [5, 5.41) is 12.3. The van der Waals surface area contributed by atoms with Crippen LogP contribution in [-0.4, -0.2) is 20.9 Å². The Kier molecular flexibility index (Phi) is 2.20. The molecule has 0 radical (unpaired) electrons. The third-order valence-corrected chi connectivity index (χ3v) is 2.32. The summed E-state index contributed by atoms with van der Waals surface area (Å²) in [7, 11) is 1.60. The average molecular weight is 239 g/mol. The SMILES string of the molecule is Cn1nc(Cl)c(C(=O)O)c1Br. The first-order valence-corrected chi connectivity index (χ1v) is 3.82. The molecule has 0 atom stereocenters. The molecule has 0 amide bonds. The minimum absolute atomic E-state index is 0.00540. The van der Waals surface area contributed by atoms with Gasteiger partial charge in [0.25, 0.3) is 0 Å². The summed E-state index contributed by atoms with van der Waals surface area (Å²) >= 11 is 8.54. The van der Waals surface area contributed by atoms with Crippen molar-refractivity contribution in [3.63, 3.8) is 0 Å². The van der Waals surface area contributed by atoms with Gasteiger partial charge >= 0.3 is 5.97 Å². The van der Waals surface area contributed by atoms with Gasteiger partial charge in [0.05, 0.1) is 0 Å². The van der Waals surface area contributed by atoms with Gasteiger partial charge in [0.15, 0.2) is 5.15 Å². The lowest BCUT2D eigenvalue weighted by Crippen LogP contribution is -1.97. The number of hydrogen-bond acceptors (Lipinski definition) is 2. The van der Waals surface area contributed by atoms with Gasteiger partial charge in [-0.3, -0.25) is 4.68 Å². The summed E-state index contributed by atoms with van der Waals surface area (Å²) in [6.45, 7) is 0. The Morgan fingerprint density at radius 3 is 2.55 bits per heavy atom. The maximum Gasteiger partial charge on any atom is 0.341 e. The summed E-state index contributed by atoms with van der Waals surface area (Å²) in [5.74, 6) is -1.09. The highest BCUT2D eigenvalue weighted by molar-refractivity contribution is 9.10. The molecule has 1 N–H and O–H groups in total. The number of hydrogen-bond donors (Lipinski definition) is 1. The molecule has 4 nitrogen and oxygen atoms in total. The van der Waals surface area contributed by atoms with Gasteiger partial charge in [-0.1, -0.05) is 11.6 Å². The number of aromatic carboxylic acids is 1. The Balaban J connectivity index is 3.34. The Morgan fingerprint density at radius 1 is 1.82 bits per heavy atom. The second kappa shape index (κ2) is 2.83. The number of nitrogens with zero attached hydrogens (tertiary/aromatic N) is 2. The van der Waals surface area contributed by atoms with Gasteiger partial charge in [-0.25, -0.2) is 4.79 Å². The van der Waals surface area contributed by atoms with E-state index in [9.17, 15) is 4.79 Å². The smallest absolute Gasteiger partial charge is 0.341 e. The molecule has 1 aromatic heterocycles. The van der Waals surface area contributed by atoms with Gasteiger partial charge in [0, 0.05) is 7.05 Å². The Labute approximate surface area is 75.9 Å². The minimum atomic E-state index is -1.09. The quantitative estimate of drug-likeness (QED) is 0.809. The van der Waals surface area contributed by atoms with Crippen LogP contribution < -0.4 is 0 Å². The van der Waals surface area contributed by atoms with E-state index in [2.05, 4.69) is 21.0 Å². The van der Waals surface area contributed by atoms with Crippen LogP contribution in [0.15, 0.2) is 4.60 Å². The summed E-state index contributed by atoms with van der Waals surface area (Å²) in [6.07, 6.45) is 0. The molecule has 0 aromatic carbocycles. The monoisotopic (exact) mass is 238 g/mol. The van der Waals surface area contributed by atoms with Crippen molar-refractivity contribution in [2.75, 3.05) is 0 Å². The fourth-order valence-corrected chi connectivity index (χ4v) is 1.48. The second-order valence-corrected chi connectivity index (χ2v) is 2.99. The standard InChI is InChI=1S/C5H4BrClN2O2/c1-9-3(6)2(5(10)11)4(7)8-9/h1H3,(H,10,11). The maximum atomic E-state index is 10.5. The van der Waals surface area contributed by atoms with Crippen LogP contribution >= 0.6 is 27.5 Å². The number of halogens is 2. The van der Waals surface area contributed by atoms with Crippen LogP contribution in [0, 0.1) is 0 Å². The molecule has 0 bridgehead atoms. The molecule has 0 unspecified atom stereocenters. The number of rotatable bonds is 1. The number of carbonyl (C=O) groups is 1. The highest BCUT2D eigenvalue weighted by Gasteiger charge is 2.18. The summed E-state index contributed by atoms with van der Waals surface area (Å²) in [6, 6.07) is 0. The topological polar surface area (TPSA) is 55.1 Å². The fourth-order valence-electron chi connectivity index (χ4n) is 0.649. The molecule has 0 aliphatic heterocycles. The van der Waals surface area contributed by atoms with E-state index in [0.717, 1.165) is 0 Å². The normalized spacial score (nSPS) is 10.1. The molecule has 0 saturated carbocycles. The molecular weight excluding hydrogens is 235 g/mol. The highest BCUT2D eigenvalue weighted by atomic mass is 79.9. The lowest BCUT2D eigenvalue weighted by Gasteiger charge is -1.90. The molecule has 1 aromatic rings. The third-order valence-electron chi connectivity index (χ3n) is 1.15. The van der Waals surface area contributed by atoms with Crippen LogP contribution in [0.2, 0.25) is 5.15 Å². The van der Waals surface area contributed by atoms with Gasteiger partial charge < -0.3 is 5.11 Å². The highest BCUT2D eigenvalue weighted by Crippen LogP contribution is 2.23. The molecule has 0 aliphatic carbocycles. The van der Waals surface area contributed by atoms with Crippen molar-refractivity contribution in [1.29, 1.82) is 0 Å². The predicted molar refractivity (Wildman–Crippen MR) is 42.9 cm³/mol. The zero-order valence-corrected chi connectivity index (χ0v) is 7.85. The van der Waals surface area contributed by atoms with E-state index in [4.69, 9.17) is 16.7 Å². The van der Waals surface area contributed by atoms with Gasteiger partial charge in [-0.05, 0) is 15.9 Å². The van der Waals surface area contributed by atoms with Gasteiger partial charge in [-0.2, -0.15) is 5.10 Å². The molecule has 1 heterocycles. The van der Waals surface area contributed by atoms with Crippen LogP contribution in [0.5, 0.6) is 0 Å². The first kappa shape index (κ1) is 8.55. The lowest BCUT2D eigenvalue weighted by molar-refractivity contribution is 0.0696. The van der Waals surface area contributed by atoms with Gasteiger partial charge in [0.1, 0.15) is 10.2 Å². The summed E-state index contributed by atoms with van der Waals surface area (Å²) in [4.78, 5) is 10.5. The maximum absolute atomic E-state index is 10.5. The fraction of sp³-hybridized carbons (Fsp3) is 0.200. The first-order chi connectivity index (χ1) is 5.04. The summed E-state index contributed by atoms with van der Waals surface area (Å²) < 4.78 is 1.72. The van der Waals surface area contributed by atoms with E-state index in [0.29, 0.717) is 4.60 Å². The van der Waals surface area contributed by atoms with Crippen LogP contribution in [0.4, 0.5) is 0 Å². The Bertz CT molecular complexity index is 310. The molecule has 0 saturated heterocycles. The molecular formula is C5H4BrClN2O2. The second-order valence-electron chi connectivity index (χ2n) is 1.89. The van der Waals surface area contributed by atoms with E-state index in [1.165, 1.54) is 4.68 Å². The van der Waals surface area contributed by atoms with E-state index in [1.54, 1.807) is 7.05 Å². The third kappa shape index (κ3) is 1.39. The Morgan fingerprint density at radius 2 is 2.36 bits per heavy atom. The Hall–Kier alpha value is -0.550. The van der Waals surface area contributed by atoms with Crippen LogP contribution in [0.3, 0.4) is 0 Å². The molecule has 6 heteroatoms. The molecule has 0 aliphatic rings. The summed E-state index contributed by atoms with van der Waals surface area (Å²) in [5.41, 5.74) is -0.00540. The van der Waals surface area contributed by atoms with Gasteiger partial charge in [-0.15, -0.1) is 0 Å². The molecule has 1 rings (SSSR count).